The van der Waals surface area contributed by atoms with E-state index < -0.39 is 0 Å². The quantitative estimate of drug-likeness (QED) is 0.195. The predicted octanol–water partition coefficient (Wildman–Crippen LogP) is 9.43. The molecular formula is C40H30N4. The Hall–Kier alpha value is -5.48. The van der Waals surface area contributed by atoms with Crippen molar-refractivity contribution in [2.45, 2.75) is 18.8 Å². The smallest absolute Gasteiger partial charge is 0.168 e. The third kappa shape index (κ3) is 4.06. The summed E-state index contributed by atoms with van der Waals surface area (Å²) in [5.74, 6) is 2.97. The number of fused-ring (bicyclic) bond motifs is 5. The molecule has 2 atom stereocenters. The highest BCUT2D eigenvalue weighted by Crippen LogP contribution is 2.53. The molecule has 0 spiro atoms. The summed E-state index contributed by atoms with van der Waals surface area (Å²) in [4.78, 5) is 0. The Morgan fingerprint density at radius 3 is 1.82 bits per heavy atom. The number of nitrogens with zero attached hydrogens (tertiary/aromatic N) is 4. The van der Waals surface area contributed by atoms with Gasteiger partial charge in [-0.1, -0.05) is 115 Å². The number of rotatable bonds is 5. The summed E-state index contributed by atoms with van der Waals surface area (Å²) in [7, 11) is 0. The molecule has 0 saturated heterocycles. The second-order valence-electron chi connectivity index (χ2n) is 11.9. The Morgan fingerprint density at radius 2 is 1.09 bits per heavy atom. The summed E-state index contributed by atoms with van der Waals surface area (Å²) in [6.45, 7) is 0. The molecule has 2 aromatic heterocycles. The van der Waals surface area contributed by atoms with E-state index in [9.17, 15) is 0 Å². The molecule has 0 amide bonds. The first kappa shape index (κ1) is 25.1. The zero-order valence-electron chi connectivity index (χ0n) is 24.2. The second kappa shape index (κ2) is 10.1. The SMILES string of the molecule is C1=CC2CC2c2c(c3ccccc3n2-c2ccc(-c3ccc(-c4nnc(-c5ccccc5)n4-c4ccccc4)cc3)cc2)C1. The summed E-state index contributed by atoms with van der Waals surface area (Å²) >= 11 is 0. The van der Waals surface area contributed by atoms with Gasteiger partial charge < -0.3 is 4.57 Å². The van der Waals surface area contributed by atoms with E-state index in [0.29, 0.717) is 11.8 Å². The van der Waals surface area contributed by atoms with Gasteiger partial charge in [-0.05, 0) is 65.8 Å². The second-order valence-corrected chi connectivity index (χ2v) is 11.9. The Kier molecular flexibility index (Phi) is 5.73. The molecule has 1 saturated carbocycles. The predicted molar refractivity (Wildman–Crippen MR) is 178 cm³/mol. The number of aromatic nitrogens is 4. The fourth-order valence-corrected chi connectivity index (χ4v) is 6.99. The van der Waals surface area contributed by atoms with Gasteiger partial charge in [-0.3, -0.25) is 4.57 Å². The molecule has 0 radical (unpaired) electrons. The highest BCUT2D eigenvalue weighted by atomic mass is 15.3. The standard InChI is InChI=1S/C40H30N4/c1-3-10-29(11-4-1)39-41-42-40(44(39)32-13-5-2-6-14-32)30-20-18-27(19-21-30)28-22-24-33(25-23-28)43-37-17-8-7-15-34(37)35-16-9-12-31-26-36(31)38(35)43/h1-15,17-25,31,36H,16,26H2. The lowest BCUT2D eigenvalue weighted by Gasteiger charge is -2.13. The van der Waals surface area contributed by atoms with Crippen molar-refractivity contribution >= 4 is 10.9 Å². The van der Waals surface area contributed by atoms with Crippen molar-refractivity contribution in [1.29, 1.82) is 0 Å². The third-order valence-electron chi connectivity index (χ3n) is 9.23. The van der Waals surface area contributed by atoms with Crippen molar-refractivity contribution in [1.82, 2.24) is 19.3 Å². The fourth-order valence-electron chi connectivity index (χ4n) is 6.99. The first-order valence-corrected chi connectivity index (χ1v) is 15.4. The van der Waals surface area contributed by atoms with Gasteiger partial charge in [0.1, 0.15) is 0 Å². The van der Waals surface area contributed by atoms with Crippen LogP contribution < -0.4 is 0 Å². The zero-order chi connectivity index (χ0) is 29.0. The Balaban J connectivity index is 1.07. The molecule has 7 aromatic rings. The van der Waals surface area contributed by atoms with Crippen LogP contribution in [-0.2, 0) is 6.42 Å². The minimum atomic E-state index is 0.628. The summed E-state index contributed by atoms with van der Waals surface area (Å²) in [5.41, 5.74) is 11.0. The lowest BCUT2D eigenvalue weighted by Crippen LogP contribution is -2.01. The Labute approximate surface area is 256 Å². The maximum Gasteiger partial charge on any atom is 0.168 e. The lowest BCUT2D eigenvalue weighted by atomic mass is 10.0. The molecule has 2 aliphatic rings. The van der Waals surface area contributed by atoms with E-state index in [2.05, 4.69) is 141 Å². The molecular weight excluding hydrogens is 536 g/mol. The minimum Gasteiger partial charge on any atom is -0.313 e. The van der Waals surface area contributed by atoms with Gasteiger partial charge in [-0.2, -0.15) is 0 Å². The fraction of sp³-hybridized carbons (Fsp3) is 0.100. The van der Waals surface area contributed by atoms with E-state index in [0.717, 1.165) is 34.9 Å². The van der Waals surface area contributed by atoms with Crippen molar-refractivity contribution in [2.75, 3.05) is 0 Å². The van der Waals surface area contributed by atoms with Gasteiger partial charge in [0.15, 0.2) is 11.6 Å². The van der Waals surface area contributed by atoms with Crippen molar-refractivity contribution < 1.29 is 0 Å². The molecule has 0 N–H and O–H groups in total. The van der Waals surface area contributed by atoms with Crippen molar-refractivity contribution in [3.05, 3.63) is 157 Å². The van der Waals surface area contributed by atoms with Gasteiger partial charge in [0.2, 0.25) is 0 Å². The van der Waals surface area contributed by atoms with Crippen LogP contribution in [0, 0.1) is 5.92 Å². The van der Waals surface area contributed by atoms with Crippen molar-refractivity contribution in [3.63, 3.8) is 0 Å². The first-order valence-electron chi connectivity index (χ1n) is 15.4. The lowest BCUT2D eigenvalue weighted by molar-refractivity contribution is 0.902. The van der Waals surface area contributed by atoms with Crippen LogP contribution in [-0.4, -0.2) is 19.3 Å². The van der Waals surface area contributed by atoms with E-state index in [1.54, 1.807) is 0 Å². The van der Waals surface area contributed by atoms with Gasteiger partial charge >= 0.3 is 0 Å². The van der Waals surface area contributed by atoms with E-state index >= 15 is 0 Å². The summed E-state index contributed by atoms with van der Waals surface area (Å²) in [6, 6.07) is 47.2. The van der Waals surface area contributed by atoms with Gasteiger partial charge in [-0.25, -0.2) is 0 Å². The van der Waals surface area contributed by atoms with Gasteiger partial charge in [0, 0.05) is 39.5 Å². The number of hydrogen-bond donors (Lipinski definition) is 0. The number of para-hydroxylation sites is 2. The summed E-state index contributed by atoms with van der Waals surface area (Å²) in [6.07, 6.45) is 7.09. The maximum absolute atomic E-state index is 4.66. The normalized spacial score (nSPS) is 16.8. The van der Waals surface area contributed by atoms with E-state index in [-0.39, 0.29) is 0 Å². The highest BCUT2D eigenvalue weighted by molar-refractivity contribution is 5.88. The van der Waals surface area contributed by atoms with E-state index in [1.165, 1.54) is 45.4 Å². The van der Waals surface area contributed by atoms with Crippen LogP contribution in [0.25, 0.3) is 56.2 Å². The molecule has 1 fully saturated rings. The molecule has 2 aliphatic carbocycles. The van der Waals surface area contributed by atoms with Crippen LogP contribution in [0.1, 0.15) is 23.6 Å². The molecule has 2 heterocycles. The number of hydrogen-bond acceptors (Lipinski definition) is 2. The van der Waals surface area contributed by atoms with Crippen molar-refractivity contribution in [3.8, 4) is 45.3 Å². The molecule has 5 aromatic carbocycles. The topological polar surface area (TPSA) is 35.6 Å². The Morgan fingerprint density at radius 1 is 0.523 bits per heavy atom. The highest BCUT2D eigenvalue weighted by Gasteiger charge is 2.42. The van der Waals surface area contributed by atoms with E-state index in [1.807, 2.05) is 24.3 Å². The van der Waals surface area contributed by atoms with Crippen LogP contribution >= 0.6 is 0 Å². The van der Waals surface area contributed by atoms with E-state index in [4.69, 9.17) is 0 Å². The average molecular weight is 567 g/mol. The molecule has 4 heteroatoms. The molecule has 44 heavy (non-hydrogen) atoms. The Bertz CT molecular complexity index is 2150. The van der Waals surface area contributed by atoms with Crippen LogP contribution in [0.4, 0.5) is 0 Å². The molecule has 0 bridgehead atoms. The van der Waals surface area contributed by atoms with Crippen LogP contribution in [0.15, 0.2) is 146 Å². The molecule has 2 unspecified atom stereocenters. The van der Waals surface area contributed by atoms with Crippen LogP contribution in [0.5, 0.6) is 0 Å². The van der Waals surface area contributed by atoms with Gasteiger partial charge in [0.25, 0.3) is 0 Å². The van der Waals surface area contributed by atoms with Crippen molar-refractivity contribution in [2.24, 2.45) is 5.92 Å². The van der Waals surface area contributed by atoms with Gasteiger partial charge in [-0.15, -0.1) is 10.2 Å². The molecule has 210 valence electrons. The third-order valence-corrected chi connectivity index (χ3v) is 9.23. The number of allylic oxidation sites excluding steroid dienone is 2. The molecule has 4 nitrogen and oxygen atoms in total. The summed E-state index contributed by atoms with van der Waals surface area (Å²) < 4.78 is 4.67. The van der Waals surface area contributed by atoms with Crippen LogP contribution in [0.2, 0.25) is 0 Å². The molecule has 9 rings (SSSR count). The molecule has 0 aliphatic heterocycles. The van der Waals surface area contributed by atoms with Gasteiger partial charge in [0.05, 0.1) is 5.52 Å². The monoisotopic (exact) mass is 566 g/mol. The zero-order valence-corrected chi connectivity index (χ0v) is 24.2. The summed E-state index contributed by atoms with van der Waals surface area (Å²) in [5, 5.41) is 10.7. The van der Waals surface area contributed by atoms with Crippen LogP contribution in [0.3, 0.4) is 0 Å². The minimum absolute atomic E-state index is 0.628. The average Bonchev–Trinajstić information content (AvgIpc) is 3.64. The first-order chi connectivity index (χ1) is 21.8. The maximum atomic E-state index is 4.66. The largest absolute Gasteiger partial charge is 0.313 e. The number of benzene rings is 5.